The van der Waals surface area contributed by atoms with E-state index in [4.69, 9.17) is 9.88 Å². The number of sulfonamides is 1. The van der Waals surface area contributed by atoms with Gasteiger partial charge < -0.3 is 4.74 Å². The van der Waals surface area contributed by atoms with Gasteiger partial charge in [0, 0.05) is 11.1 Å². The maximum absolute atomic E-state index is 13.8. The first-order chi connectivity index (χ1) is 15.8. The topological polar surface area (TPSA) is 99.6 Å². The SMILES string of the molecule is CCOc1cccc(-c2cc(C(F)F)n3ncc(C#Cc4ccc(S(N)(=O)=O)cc4)c3n2)c1. The number of nitrogens with two attached hydrogens (primary N) is 1. The first kappa shape index (κ1) is 22.4. The summed E-state index contributed by atoms with van der Waals surface area (Å²) in [6.45, 7) is 2.32. The summed E-state index contributed by atoms with van der Waals surface area (Å²) in [6.07, 6.45) is -1.42. The Labute approximate surface area is 188 Å². The molecule has 2 aromatic carbocycles. The van der Waals surface area contributed by atoms with Crippen LogP contribution in [0.3, 0.4) is 0 Å². The number of primary sulfonamides is 1. The molecule has 0 aliphatic heterocycles. The Hall–Kier alpha value is -3.81. The van der Waals surface area contributed by atoms with Gasteiger partial charge in [0.05, 0.1) is 29.0 Å². The van der Waals surface area contributed by atoms with Gasteiger partial charge >= 0.3 is 0 Å². The molecule has 0 spiro atoms. The monoisotopic (exact) mass is 468 g/mol. The van der Waals surface area contributed by atoms with Crippen LogP contribution in [0.5, 0.6) is 5.75 Å². The second kappa shape index (κ2) is 8.97. The second-order valence-electron chi connectivity index (χ2n) is 6.94. The van der Waals surface area contributed by atoms with E-state index in [1.54, 1.807) is 24.3 Å². The highest BCUT2D eigenvalue weighted by molar-refractivity contribution is 7.89. The summed E-state index contributed by atoms with van der Waals surface area (Å²) < 4.78 is 56.9. The van der Waals surface area contributed by atoms with E-state index in [-0.39, 0.29) is 16.2 Å². The van der Waals surface area contributed by atoms with E-state index >= 15 is 0 Å². The van der Waals surface area contributed by atoms with Crippen LogP contribution in [0.2, 0.25) is 0 Å². The lowest BCUT2D eigenvalue weighted by Crippen LogP contribution is -2.11. The number of hydrogen-bond donors (Lipinski definition) is 1. The van der Waals surface area contributed by atoms with Crippen LogP contribution in [0.15, 0.2) is 65.7 Å². The van der Waals surface area contributed by atoms with Crippen molar-refractivity contribution < 1.29 is 21.9 Å². The Morgan fingerprint density at radius 3 is 2.55 bits per heavy atom. The molecule has 0 fully saturated rings. The van der Waals surface area contributed by atoms with Crippen LogP contribution in [0.25, 0.3) is 16.9 Å². The molecule has 4 aromatic rings. The molecule has 2 N–H and O–H groups in total. The van der Waals surface area contributed by atoms with E-state index in [0.717, 1.165) is 4.52 Å². The number of rotatable bonds is 5. The average molecular weight is 468 g/mol. The minimum Gasteiger partial charge on any atom is -0.494 e. The molecule has 0 aliphatic rings. The van der Waals surface area contributed by atoms with Gasteiger partial charge in [0.15, 0.2) is 5.65 Å². The first-order valence-corrected chi connectivity index (χ1v) is 11.4. The van der Waals surface area contributed by atoms with Gasteiger partial charge in [-0.05, 0) is 49.4 Å². The maximum atomic E-state index is 13.8. The highest BCUT2D eigenvalue weighted by Crippen LogP contribution is 2.28. The summed E-state index contributed by atoms with van der Waals surface area (Å²) >= 11 is 0. The molecule has 2 aromatic heterocycles. The molecule has 0 bridgehead atoms. The van der Waals surface area contributed by atoms with Crippen LogP contribution in [0, 0.1) is 11.8 Å². The molecule has 0 unspecified atom stereocenters. The average Bonchev–Trinajstić information content (AvgIpc) is 3.20. The van der Waals surface area contributed by atoms with Crippen LogP contribution in [-0.2, 0) is 10.0 Å². The molecule has 0 saturated heterocycles. The van der Waals surface area contributed by atoms with Gasteiger partial charge in [0.2, 0.25) is 10.0 Å². The van der Waals surface area contributed by atoms with E-state index in [1.165, 1.54) is 36.5 Å². The van der Waals surface area contributed by atoms with Crippen molar-refractivity contribution in [1.82, 2.24) is 14.6 Å². The Morgan fingerprint density at radius 2 is 1.88 bits per heavy atom. The Kier molecular flexibility index (Phi) is 6.09. The lowest BCUT2D eigenvalue weighted by Gasteiger charge is -2.09. The van der Waals surface area contributed by atoms with E-state index in [0.29, 0.717) is 34.7 Å². The molecule has 0 atom stereocenters. The summed E-state index contributed by atoms with van der Waals surface area (Å²) in [7, 11) is -3.81. The van der Waals surface area contributed by atoms with Gasteiger partial charge in [-0.25, -0.2) is 31.8 Å². The number of aromatic nitrogens is 3. The quantitative estimate of drug-likeness (QED) is 0.450. The van der Waals surface area contributed by atoms with E-state index in [9.17, 15) is 17.2 Å². The molecule has 0 aliphatic carbocycles. The number of halogens is 2. The Morgan fingerprint density at radius 1 is 1.12 bits per heavy atom. The highest BCUT2D eigenvalue weighted by Gasteiger charge is 2.18. The van der Waals surface area contributed by atoms with Gasteiger partial charge in [-0.3, -0.25) is 0 Å². The lowest BCUT2D eigenvalue weighted by atomic mass is 10.1. The van der Waals surface area contributed by atoms with Crippen LogP contribution >= 0.6 is 0 Å². The second-order valence-corrected chi connectivity index (χ2v) is 8.50. The van der Waals surface area contributed by atoms with Crippen molar-refractivity contribution in [2.45, 2.75) is 18.2 Å². The molecular formula is C23H18F2N4O3S. The standard InChI is InChI=1S/C23H18F2N4O3S/c1-2-32-18-5-3-4-16(12-18)20-13-21(22(24)25)29-23(28-20)17(14-27-29)9-6-15-7-10-19(11-8-15)33(26,30)31/h3-5,7-8,10-14,22H,2H2,1H3,(H2,26,30,31). The fourth-order valence-corrected chi connectivity index (χ4v) is 3.67. The molecule has 33 heavy (non-hydrogen) atoms. The van der Waals surface area contributed by atoms with E-state index in [1.807, 2.05) is 6.92 Å². The third kappa shape index (κ3) is 4.84. The molecule has 7 nitrogen and oxygen atoms in total. The molecule has 4 rings (SSSR count). The van der Waals surface area contributed by atoms with Crippen molar-refractivity contribution in [2.75, 3.05) is 6.61 Å². The molecular weight excluding hydrogens is 450 g/mol. The minimum absolute atomic E-state index is 0.0359. The van der Waals surface area contributed by atoms with Crippen LogP contribution in [0.4, 0.5) is 8.78 Å². The van der Waals surface area contributed by atoms with Crippen molar-refractivity contribution in [3.63, 3.8) is 0 Å². The van der Waals surface area contributed by atoms with Gasteiger partial charge in [-0.15, -0.1) is 0 Å². The molecule has 0 saturated carbocycles. The molecule has 10 heteroatoms. The van der Waals surface area contributed by atoms with Crippen molar-refractivity contribution in [1.29, 1.82) is 0 Å². The number of hydrogen-bond acceptors (Lipinski definition) is 5. The fraction of sp³-hybridized carbons (Fsp3) is 0.130. The molecule has 168 valence electrons. The molecule has 0 amide bonds. The summed E-state index contributed by atoms with van der Waals surface area (Å²) in [4.78, 5) is 4.49. The zero-order valence-corrected chi connectivity index (χ0v) is 18.2. The summed E-state index contributed by atoms with van der Waals surface area (Å²) in [5.74, 6) is 6.34. The van der Waals surface area contributed by atoms with E-state index < -0.39 is 16.4 Å². The van der Waals surface area contributed by atoms with Crippen LogP contribution in [-0.4, -0.2) is 29.6 Å². The zero-order valence-electron chi connectivity index (χ0n) is 17.4. The number of alkyl halides is 2. The summed E-state index contributed by atoms with van der Waals surface area (Å²) in [6, 6.07) is 14.0. The number of nitrogens with zero attached hydrogens (tertiary/aromatic N) is 3. The number of ether oxygens (including phenoxy) is 1. The van der Waals surface area contributed by atoms with Gasteiger partial charge in [0.25, 0.3) is 6.43 Å². The third-order valence-corrected chi connectivity index (χ3v) is 5.62. The van der Waals surface area contributed by atoms with Crippen molar-refractivity contribution >= 4 is 15.7 Å². The highest BCUT2D eigenvalue weighted by atomic mass is 32.2. The van der Waals surface area contributed by atoms with Crippen molar-refractivity contribution in [2.24, 2.45) is 5.14 Å². The third-order valence-electron chi connectivity index (χ3n) is 4.69. The van der Waals surface area contributed by atoms with Gasteiger partial charge in [0.1, 0.15) is 11.4 Å². The predicted molar refractivity (Wildman–Crippen MR) is 118 cm³/mol. The lowest BCUT2D eigenvalue weighted by molar-refractivity contribution is 0.143. The largest absolute Gasteiger partial charge is 0.494 e. The molecule has 2 heterocycles. The Bertz CT molecular complexity index is 1490. The summed E-state index contributed by atoms with van der Waals surface area (Å²) in [5, 5.41) is 9.13. The fourth-order valence-electron chi connectivity index (χ4n) is 3.16. The number of fused-ring (bicyclic) bond motifs is 1. The predicted octanol–water partition coefficient (Wildman–Crippen LogP) is 3.78. The minimum atomic E-state index is -3.81. The van der Waals surface area contributed by atoms with Gasteiger partial charge in [-0.2, -0.15) is 5.10 Å². The first-order valence-electron chi connectivity index (χ1n) is 9.81. The van der Waals surface area contributed by atoms with Crippen LogP contribution < -0.4 is 9.88 Å². The maximum Gasteiger partial charge on any atom is 0.280 e. The molecule has 0 radical (unpaired) electrons. The van der Waals surface area contributed by atoms with Crippen molar-refractivity contribution in [3.05, 3.63) is 77.6 Å². The smallest absolute Gasteiger partial charge is 0.280 e. The van der Waals surface area contributed by atoms with Crippen molar-refractivity contribution in [3.8, 4) is 28.8 Å². The van der Waals surface area contributed by atoms with Crippen LogP contribution in [0.1, 0.15) is 30.2 Å². The summed E-state index contributed by atoms with van der Waals surface area (Å²) in [5.41, 5.74) is 1.66. The normalized spacial score (nSPS) is 11.4. The Balaban J connectivity index is 1.78. The zero-order chi connectivity index (χ0) is 23.6. The van der Waals surface area contributed by atoms with E-state index in [2.05, 4.69) is 21.9 Å². The number of benzene rings is 2. The van der Waals surface area contributed by atoms with Gasteiger partial charge in [-0.1, -0.05) is 24.0 Å².